The molecule has 0 atom stereocenters. The Kier molecular flexibility index (Phi) is 3.67. The van der Waals surface area contributed by atoms with Crippen LogP contribution in [0.25, 0.3) is 10.9 Å². The van der Waals surface area contributed by atoms with Crippen LogP contribution in [0.3, 0.4) is 0 Å². The summed E-state index contributed by atoms with van der Waals surface area (Å²) in [4.78, 5) is 29.7. The van der Waals surface area contributed by atoms with Gasteiger partial charge in [-0.2, -0.15) is 0 Å². The Bertz CT molecular complexity index is 1010. The maximum absolute atomic E-state index is 11.9. The van der Waals surface area contributed by atoms with E-state index < -0.39 is 0 Å². The molecule has 0 saturated carbocycles. The molecule has 1 aliphatic carbocycles. The fourth-order valence-corrected chi connectivity index (χ4v) is 3.15. The highest BCUT2D eigenvalue weighted by Crippen LogP contribution is 2.23. The molecule has 4 rings (SSSR count). The smallest absolute Gasteiger partial charge is 0.230 e. The van der Waals surface area contributed by atoms with E-state index in [1.807, 2.05) is 6.92 Å². The molecule has 6 heteroatoms. The zero-order valence-corrected chi connectivity index (χ0v) is 14.6. The number of ketones is 1. The van der Waals surface area contributed by atoms with Gasteiger partial charge >= 0.3 is 0 Å². The zero-order chi connectivity index (χ0) is 17.6. The van der Waals surface area contributed by atoms with Crippen LogP contribution in [0.15, 0.2) is 18.3 Å². The Labute approximate surface area is 145 Å². The molecule has 0 bridgehead atoms. The normalized spacial score (nSPS) is 13.8. The van der Waals surface area contributed by atoms with Crippen LogP contribution in [0, 0.1) is 20.8 Å². The standard InChI is InChI=1S/C19H19N5O/c1-10-7-13-12(3)21-19(23-16(13)8-11(10)2)24-18-20-9-14-15(22-18)5-4-6-17(14)25/h7-9H,4-6H2,1-3H3,(H,20,21,22,23,24). The summed E-state index contributed by atoms with van der Waals surface area (Å²) in [7, 11) is 0. The number of benzene rings is 1. The van der Waals surface area contributed by atoms with E-state index >= 15 is 0 Å². The van der Waals surface area contributed by atoms with Gasteiger partial charge in [0, 0.05) is 18.0 Å². The van der Waals surface area contributed by atoms with Crippen molar-refractivity contribution in [2.75, 3.05) is 5.32 Å². The number of fused-ring (bicyclic) bond motifs is 2. The number of aryl methyl sites for hydroxylation is 4. The minimum atomic E-state index is 0.122. The number of aromatic nitrogens is 4. The topological polar surface area (TPSA) is 80.7 Å². The molecule has 3 aromatic rings. The summed E-state index contributed by atoms with van der Waals surface area (Å²) in [6.07, 6.45) is 3.82. The van der Waals surface area contributed by atoms with Gasteiger partial charge in [-0.1, -0.05) is 0 Å². The molecule has 1 N–H and O–H groups in total. The lowest BCUT2D eigenvalue weighted by Gasteiger charge is -2.14. The monoisotopic (exact) mass is 333 g/mol. The van der Waals surface area contributed by atoms with Gasteiger partial charge in [-0.15, -0.1) is 0 Å². The third-order valence-corrected chi connectivity index (χ3v) is 4.71. The maximum atomic E-state index is 11.9. The summed E-state index contributed by atoms with van der Waals surface area (Å²) in [5.41, 5.74) is 5.66. The van der Waals surface area contributed by atoms with Crippen molar-refractivity contribution in [2.24, 2.45) is 0 Å². The van der Waals surface area contributed by atoms with E-state index in [2.05, 4.69) is 51.2 Å². The van der Waals surface area contributed by atoms with Crippen LogP contribution >= 0.6 is 0 Å². The van der Waals surface area contributed by atoms with Crippen LogP contribution in [0.4, 0.5) is 11.9 Å². The Balaban J connectivity index is 1.71. The number of hydrogen-bond donors (Lipinski definition) is 1. The highest BCUT2D eigenvalue weighted by molar-refractivity contribution is 5.97. The van der Waals surface area contributed by atoms with E-state index in [4.69, 9.17) is 0 Å². The van der Waals surface area contributed by atoms with Crippen molar-refractivity contribution in [3.05, 3.63) is 46.4 Å². The summed E-state index contributed by atoms with van der Waals surface area (Å²) in [5, 5.41) is 4.13. The van der Waals surface area contributed by atoms with Gasteiger partial charge < -0.3 is 0 Å². The largest absolute Gasteiger partial charge is 0.294 e. The summed E-state index contributed by atoms with van der Waals surface area (Å²) >= 11 is 0. The van der Waals surface area contributed by atoms with Crippen LogP contribution in [0.1, 0.15) is 45.7 Å². The molecule has 1 aliphatic rings. The molecule has 0 amide bonds. The minimum Gasteiger partial charge on any atom is -0.294 e. The van der Waals surface area contributed by atoms with Crippen LogP contribution in [0.2, 0.25) is 0 Å². The quantitative estimate of drug-likeness (QED) is 0.771. The third-order valence-electron chi connectivity index (χ3n) is 4.71. The predicted octanol–water partition coefficient (Wildman–Crippen LogP) is 3.61. The Morgan fingerprint density at radius 1 is 0.960 bits per heavy atom. The van der Waals surface area contributed by atoms with Gasteiger partial charge in [0.25, 0.3) is 0 Å². The van der Waals surface area contributed by atoms with Crippen molar-refractivity contribution in [1.29, 1.82) is 0 Å². The van der Waals surface area contributed by atoms with Gasteiger partial charge in [-0.3, -0.25) is 10.1 Å². The van der Waals surface area contributed by atoms with E-state index in [0.717, 1.165) is 35.1 Å². The molecule has 6 nitrogen and oxygen atoms in total. The maximum Gasteiger partial charge on any atom is 0.230 e. The van der Waals surface area contributed by atoms with Crippen molar-refractivity contribution in [3.8, 4) is 0 Å². The summed E-state index contributed by atoms with van der Waals surface area (Å²) < 4.78 is 0. The lowest BCUT2D eigenvalue weighted by atomic mass is 9.96. The number of rotatable bonds is 2. The highest BCUT2D eigenvalue weighted by atomic mass is 16.1. The molecule has 0 saturated heterocycles. The molecular formula is C19H19N5O. The highest BCUT2D eigenvalue weighted by Gasteiger charge is 2.19. The molecule has 25 heavy (non-hydrogen) atoms. The molecule has 0 aliphatic heterocycles. The third kappa shape index (κ3) is 2.84. The molecule has 0 spiro atoms. The van der Waals surface area contributed by atoms with Gasteiger partial charge in [0.1, 0.15) is 0 Å². The van der Waals surface area contributed by atoms with Gasteiger partial charge in [-0.25, -0.2) is 19.9 Å². The number of Topliss-reactive ketones (excluding diaryl/α,β-unsaturated/α-hetero) is 1. The fraction of sp³-hybridized carbons (Fsp3) is 0.316. The Hall–Kier alpha value is -2.89. The van der Waals surface area contributed by atoms with E-state index in [-0.39, 0.29) is 5.78 Å². The van der Waals surface area contributed by atoms with Crippen molar-refractivity contribution in [2.45, 2.75) is 40.0 Å². The zero-order valence-electron chi connectivity index (χ0n) is 14.6. The molecule has 0 radical (unpaired) electrons. The SMILES string of the molecule is Cc1cc2nc(Nc3ncc4c(n3)CCCC4=O)nc(C)c2cc1C. The second kappa shape index (κ2) is 5.88. The van der Waals surface area contributed by atoms with E-state index in [1.165, 1.54) is 11.1 Å². The van der Waals surface area contributed by atoms with E-state index in [0.29, 0.717) is 23.9 Å². The molecule has 2 aromatic heterocycles. The predicted molar refractivity (Wildman–Crippen MR) is 96.3 cm³/mol. The lowest BCUT2D eigenvalue weighted by Crippen LogP contribution is -2.14. The van der Waals surface area contributed by atoms with Crippen LogP contribution in [0.5, 0.6) is 0 Å². The number of nitrogens with zero attached hydrogens (tertiary/aromatic N) is 4. The second-order valence-corrected chi connectivity index (χ2v) is 6.54. The van der Waals surface area contributed by atoms with Gasteiger partial charge in [0.2, 0.25) is 11.9 Å². The van der Waals surface area contributed by atoms with Gasteiger partial charge in [0.05, 0.1) is 22.5 Å². The molecule has 0 unspecified atom stereocenters. The molecule has 0 fully saturated rings. The average molecular weight is 333 g/mol. The van der Waals surface area contributed by atoms with Crippen molar-refractivity contribution < 1.29 is 4.79 Å². The molecular weight excluding hydrogens is 314 g/mol. The number of anilines is 2. The van der Waals surface area contributed by atoms with Crippen molar-refractivity contribution >= 4 is 28.6 Å². The molecule has 126 valence electrons. The van der Waals surface area contributed by atoms with Gasteiger partial charge in [-0.05, 0) is 56.9 Å². The van der Waals surface area contributed by atoms with Gasteiger partial charge in [0.15, 0.2) is 5.78 Å². The van der Waals surface area contributed by atoms with E-state index in [9.17, 15) is 4.79 Å². The van der Waals surface area contributed by atoms with Crippen molar-refractivity contribution in [1.82, 2.24) is 19.9 Å². The summed E-state index contributed by atoms with van der Waals surface area (Å²) in [5.74, 6) is 1.02. The van der Waals surface area contributed by atoms with Crippen LogP contribution in [-0.4, -0.2) is 25.7 Å². The summed E-state index contributed by atoms with van der Waals surface area (Å²) in [6, 6.07) is 4.18. The number of carbonyl (C=O) groups excluding carboxylic acids is 1. The fourth-order valence-electron chi connectivity index (χ4n) is 3.15. The number of hydrogen-bond acceptors (Lipinski definition) is 6. The van der Waals surface area contributed by atoms with E-state index in [1.54, 1.807) is 6.20 Å². The number of carbonyl (C=O) groups is 1. The minimum absolute atomic E-state index is 0.122. The van der Waals surface area contributed by atoms with Crippen LogP contribution < -0.4 is 5.32 Å². The first-order chi connectivity index (χ1) is 12.0. The van der Waals surface area contributed by atoms with Crippen molar-refractivity contribution in [3.63, 3.8) is 0 Å². The first kappa shape index (κ1) is 15.6. The Morgan fingerprint density at radius 2 is 1.76 bits per heavy atom. The Morgan fingerprint density at radius 3 is 2.60 bits per heavy atom. The van der Waals surface area contributed by atoms with Crippen LogP contribution in [-0.2, 0) is 6.42 Å². The lowest BCUT2D eigenvalue weighted by molar-refractivity contribution is 0.0971. The molecule has 1 aromatic carbocycles. The summed E-state index contributed by atoms with van der Waals surface area (Å²) in [6.45, 7) is 6.13. The first-order valence-electron chi connectivity index (χ1n) is 8.43. The number of nitrogens with one attached hydrogen (secondary N) is 1. The first-order valence-corrected chi connectivity index (χ1v) is 8.43. The molecule has 2 heterocycles. The second-order valence-electron chi connectivity index (χ2n) is 6.54. The average Bonchev–Trinajstić information content (AvgIpc) is 2.57.